The van der Waals surface area contributed by atoms with Crippen LogP contribution in [-0.4, -0.2) is 97.7 Å². The maximum atomic E-state index is 5.84. The van der Waals surface area contributed by atoms with Gasteiger partial charge in [0, 0.05) is 145 Å². The Labute approximate surface area is 789 Å². The van der Waals surface area contributed by atoms with Crippen LogP contribution in [0, 0.1) is 24.3 Å². The molecule has 0 saturated carbocycles. The summed E-state index contributed by atoms with van der Waals surface area (Å²) in [6, 6.07) is 101. The number of hydrogen-bond donors (Lipinski definition) is 0. The number of benzene rings is 6. The molecule has 0 aliphatic carbocycles. The minimum absolute atomic E-state index is 0. The van der Waals surface area contributed by atoms with Gasteiger partial charge in [-0.15, -0.1) is 69.9 Å². The van der Waals surface area contributed by atoms with Gasteiger partial charge in [-0.2, -0.15) is 11.2 Å². The van der Waals surface area contributed by atoms with Gasteiger partial charge in [-0.3, -0.25) is 15.6 Å². The van der Waals surface area contributed by atoms with Gasteiger partial charge in [0.25, 0.3) is 11.6 Å². The molecule has 6 aromatic carbocycles. The van der Waals surface area contributed by atoms with Crippen molar-refractivity contribution in [3.05, 3.63) is 394 Å². The van der Waals surface area contributed by atoms with E-state index in [0.29, 0.717) is 23.6 Å². The predicted octanol–water partition coefficient (Wildman–Crippen LogP) is 21.1. The zero-order chi connectivity index (χ0) is 84.2. The third-order valence-corrected chi connectivity index (χ3v) is 22.0. The molecule has 4 radical (unpaired) electrons. The molecule has 0 saturated heterocycles. The molecule has 23 aromatic rings. The summed E-state index contributed by atoms with van der Waals surface area (Å²) in [5.74, 6) is 6.12. The number of furan rings is 2. The fraction of sp³-hybridized carbons (Fsp3) is 0.0396. The number of fused-ring (bicyclic) bond motifs is 8. The van der Waals surface area contributed by atoms with Gasteiger partial charge in [-0.05, 0) is 161 Å². The number of anilines is 5. The first-order chi connectivity index (χ1) is 62.3. The molecule has 0 bridgehead atoms. The van der Waals surface area contributed by atoms with Crippen LogP contribution < -0.4 is 19.4 Å². The van der Waals surface area contributed by atoms with Crippen molar-refractivity contribution in [2.75, 3.05) is 23.4 Å². The van der Waals surface area contributed by atoms with Crippen LogP contribution in [0.25, 0.3) is 141 Å². The Balaban J connectivity index is 0.000000121. The number of thiazole rings is 1. The Morgan fingerprint density at radius 2 is 1.25 bits per heavy atom. The third-order valence-electron chi connectivity index (χ3n) is 21.4. The van der Waals surface area contributed by atoms with E-state index in [1.807, 2.05) is 260 Å². The predicted molar refractivity (Wildman–Crippen MR) is 486 cm³/mol. The fourth-order valence-electron chi connectivity index (χ4n) is 15.6. The van der Waals surface area contributed by atoms with E-state index in [4.69, 9.17) is 32.6 Å². The van der Waals surface area contributed by atoms with Crippen molar-refractivity contribution >= 4 is 124 Å². The third kappa shape index (κ3) is 17.5. The SMILES string of the molecule is C[N+]1=CC(c2cccc(N(C[C-]=Cc3coc4ocnc34)c3ccccc3)n2)c2[n-]c[n+](C)c21.[Co+2].[Co].[Co].[Co].[c-]1c(-c2ccccn2)ccc2c3ccccc3n(-c3cccc(-c4ccccn4)n3)c12.[c-]1c(-c2cscn2)oc2ccn(-c3cccc(-n4cccn4)n3)c12.[c-]1c(N(c2ccccc2)c2cccc(-c3cccc4ocnc34)n2)cccc1-n1ccc2cccnc21. The molecule has 1 unspecified atom stereocenters. The average Bonchev–Trinajstić information content (AvgIpc) is 1.59. The van der Waals surface area contributed by atoms with Crippen LogP contribution in [-0.2, 0) is 74.2 Å². The summed E-state index contributed by atoms with van der Waals surface area (Å²) in [7, 11) is 4.05. The van der Waals surface area contributed by atoms with Crippen molar-refractivity contribution < 1.29 is 93.9 Å². The first-order valence-electron chi connectivity index (χ1n) is 40.3. The van der Waals surface area contributed by atoms with Crippen LogP contribution in [0.4, 0.5) is 34.5 Å². The monoisotopic (exact) mass is 1890 g/mol. The van der Waals surface area contributed by atoms with Crippen LogP contribution in [0.5, 0.6) is 0 Å². The van der Waals surface area contributed by atoms with E-state index < -0.39 is 0 Å². The zero-order valence-corrected chi connectivity index (χ0v) is 73.7. The van der Waals surface area contributed by atoms with Crippen LogP contribution in [0.1, 0.15) is 22.9 Å². The van der Waals surface area contributed by atoms with Crippen molar-refractivity contribution in [1.29, 1.82) is 0 Å². The largest absolute Gasteiger partial charge is 2.00 e. The Morgan fingerprint density at radius 3 is 2.08 bits per heavy atom. The van der Waals surface area contributed by atoms with E-state index in [2.05, 4.69) is 178 Å². The summed E-state index contributed by atoms with van der Waals surface area (Å²) >= 11 is 1.53. The maximum Gasteiger partial charge on any atom is 2.00 e. The van der Waals surface area contributed by atoms with Crippen LogP contribution in [0.15, 0.2) is 370 Å². The number of oxazole rings is 2. The number of pyridine rings is 7. The summed E-state index contributed by atoms with van der Waals surface area (Å²) in [5, 5.41) is 9.55. The van der Waals surface area contributed by atoms with Gasteiger partial charge in [-0.25, -0.2) is 50.2 Å². The molecule has 1 aliphatic rings. The first-order valence-corrected chi connectivity index (χ1v) is 41.3. The first kappa shape index (κ1) is 86.9. The summed E-state index contributed by atoms with van der Waals surface area (Å²) in [6.07, 6.45) is 26.7. The number of aryl methyl sites for hydroxylation is 1. The minimum Gasteiger partial charge on any atom is -0.536 e. The van der Waals surface area contributed by atoms with E-state index in [0.717, 1.165) is 164 Å². The molecule has 0 fully saturated rings. The van der Waals surface area contributed by atoms with Crippen LogP contribution in [0.2, 0.25) is 0 Å². The molecular weight excluding hydrogens is 1830 g/mol. The van der Waals surface area contributed by atoms with Gasteiger partial charge in [0.15, 0.2) is 24.2 Å². The molecule has 29 heteroatoms. The molecule has 24 nitrogen and oxygen atoms in total. The van der Waals surface area contributed by atoms with Crippen molar-refractivity contribution in [3.63, 3.8) is 0 Å². The Kier molecular flexibility index (Phi) is 26.1. The fourth-order valence-corrected chi connectivity index (χ4v) is 16.1. The Bertz CT molecular complexity index is 7870. The Morgan fingerprint density at radius 1 is 0.523 bits per heavy atom. The van der Waals surface area contributed by atoms with Crippen molar-refractivity contribution in [2.24, 2.45) is 7.05 Å². The summed E-state index contributed by atoms with van der Waals surface area (Å²) in [6.45, 7) is 0.494. The number of hydrogen-bond acceptors (Lipinski definition) is 18. The number of rotatable bonds is 17. The molecule has 640 valence electrons. The molecule has 0 N–H and O–H groups in total. The van der Waals surface area contributed by atoms with Gasteiger partial charge in [-0.1, -0.05) is 132 Å². The summed E-state index contributed by atoms with van der Waals surface area (Å²) < 4.78 is 34.0. The van der Waals surface area contributed by atoms with E-state index in [-0.39, 0.29) is 73.0 Å². The second-order valence-electron chi connectivity index (χ2n) is 29.2. The number of aromatic nitrogens is 17. The topological polar surface area (TPSA) is 242 Å². The van der Waals surface area contributed by atoms with E-state index >= 15 is 0 Å². The van der Waals surface area contributed by atoms with Gasteiger partial charge in [0.1, 0.15) is 40.4 Å². The molecule has 0 spiro atoms. The van der Waals surface area contributed by atoms with Crippen molar-refractivity contribution in [2.45, 2.75) is 5.92 Å². The number of nitrogens with zero attached hydrogens (tertiary/aromatic N) is 20. The molecule has 17 aromatic heterocycles. The van der Waals surface area contributed by atoms with Gasteiger partial charge in [0.05, 0.1) is 54.1 Å². The number of imidazole rings is 1. The maximum absolute atomic E-state index is 5.84. The van der Waals surface area contributed by atoms with E-state index in [1.165, 1.54) is 29.5 Å². The van der Waals surface area contributed by atoms with Crippen molar-refractivity contribution in [1.82, 2.24) is 78.3 Å². The molecule has 130 heavy (non-hydrogen) atoms. The molecule has 0 amide bonds. The number of para-hydroxylation sites is 4. The van der Waals surface area contributed by atoms with Gasteiger partial charge < -0.3 is 51.1 Å². The van der Waals surface area contributed by atoms with E-state index in [9.17, 15) is 0 Å². The zero-order valence-electron chi connectivity index (χ0n) is 68.7. The summed E-state index contributed by atoms with van der Waals surface area (Å²) in [5.41, 5.74) is 21.2. The van der Waals surface area contributed by atoms with Gasteiger partial charge >= 0.3 is 16.8 Å². The van der Waals surface area contributed by atoms with Crippen molar-refractivity contribution in [3.8, 4) is 68.5 Å². The molecular formula is C101H69Co4N20O4S-. The minimum atomic E-state index is 0. The standard InChI is InChI=1S/C31H20N5O.C27H17N4.C26H22N6O2.C17H10N5OS.4Co/c1-2-9-23(10-3-1)36(25-12-4-11-24(20-25)35-19-17-22-8-7-18-32-31(22)35)29-16-6-14-27(34-29)26-13-5-15-28-30(26)33-21-37-28;1-2-12-25-20(8-1)21-15-14-19(22-9-3-5-16-28-22)18-26(21)31(25)27-13-7-11-24(30-27)23-10-4-6-17-29-23;1-30-14-20(24-25(30)31(2)16-27-24)21-11-6-12-22(29-21)32(19-9-4-3-5-10-19)13-7-8-18-15-33-26-23(18)28-17-34-26;1-3-16(20-17(4-1)22-7-2-6-19-22)21-8-5-14-13(21)9-15(23-14)12-10-24-11-18-12;;;;/h1-19,21H;1-17H;3-6,8-12,14-17,20H,13H2,1-2H3;1-8,10-11H;;;;/q2*-1;;-1;;;;+2. The molecule has 1 atom stereocenters. The van der Waals surface area contributed by atoms with E-state index in [1.54, 1.807) is 35.0 Å². The Hall–Kier alpha value is -15.2. The second kappa shape index (κ2) is 39.0. The smallest absolute Gasteiger partial charge is 0.536 e. The average molecular weight is 1890 g/mol. The van der Waals surface area contributed by atoms with Gasteiger partial charge in [0.2, 0.25) is 12.0 Å². The normalized spacial score (nSPS) is 12.0. The van der Waals surface area contributed by atoms with Crippen LogP contribution >= 0.6 is 11.3 Å². The second-order valence-corrected chi connectivity index (χ2v) is 29.9. The summed E-state index contributed by atoms with van der Waals surface area (Å²) in [4.78, 5) is 55.0. The molecule has 18 heterocycles. The quantitative estimate of drug-likeness (QED) is 0.0608. The molecule has 1 aliphatic heterocycles. The van der Waals surface area contributed by atoms with Crippen LogP contribution in [0.3, 0.4) is 0 Å². The molecule has 24 rings (SSSR count).